The van der Waals surface area contributed by atoms with Crippen LogP contribution in [0.25, 0.3) is 0 Å². The number of nitrogens with zero attached hydrogens (tertiary/aromatic N) is 1. The summed E-state index contributed by atoms with van der Waals surface area (Å²) in [7, 11) is 1.93. The number of benzene rings is 1. The zero-order valence-electron chi connectivity index (χ0n) is 12.1. The molecule has 2 atom stereocenters. The lowest BCUT2D eigenvalue weighted by molar-refractivity contribution is 0.597. The Kier molecular flexibility index (Phi) is 4.78. The van der Waals surface area contributed by atoms with Gasteiger partial charge in [0.1, 0.15) is 5.82 Å². The molecule has 1 aromatic carbocycles. The number of para-hydroxylation sites is 1. The normalized spacial score (nSPS) is 14.1. The summed E-state index contributed by atoms with van der Waals surface area (Å²) in [5.41, 5.74) is 7.44. The molecule has 0 amide bonds. The maximum absolute atomic E-state index is 14.2. The van der Waals surface area contributed by atoms with Crippen molar-refractivity contribution in [2.75, 3.05) is 11.9 Å². The fraction of sp³-hybridized carbons (Fsp3) is 0.375. The predicted molar refractivity (Wildman–Crippen MR) is 84.9 cm³/mol. The summed E-state index contributed by atoms with van der Waals surface area (Å²) in [4.78, 5) is 3.30. The maximum Gasteiger partial charge on any atom is 0.146 e. The van der Waals surface area contributed by atoms with E-state index in [0.717, 1.165) is 12.0 Å². The van der Waals surface area contributed by atoms with Gasteiger partial charge in [0.2, 0.25) is 0 Å². The summed E-state index contributed by atoms with van der Waals surface area (Å²) in [5, 5.41) is 2.07. The minimum absolute atomic E-state index is 0.183. The molecule has 0 spiro atoms. The van der Waals surface area contributed by atoms with Crippen molar-refractivity contribution < 1.29 is 4.39 Å². The lowest BCUT2D eigenvalue weighted by Gasteiger charge is -2.30. The van der Waals surface area contributed by atoms with Crippen molar-refractivity contribution in [2.24, 2.45) is 5.73 Å². The largest absolute Gasteiger partial charge is 0.369 e. The Bertz CT molecular complexity index is 552. The van der Waals surface area contributed by atoms with E-state index in [2.05, 4.69) is 18.4 Å². The minimum atomic E-state index is -0.208. The first-order chi connectivity index (χ1) is 9.50. The molecule has 0 bridgehead atoms. The molecule has 2 aromatic rings. The van der Waals surface area contributed by atoms with Crippen LogP contribution in [0.1, 0.15) is 30.3 Å². The van der Waals surface area contributed by atoms with Gasteiger partial charge in [-0.1, -0.05) is 18.2 Å². The van der Waals surface area contributed by atoms with Crippen LogP contribution in [-0.4, -0.2) is 13.1 Å². The summed E-state index contributed by atoms with van der Waals surface area (Å²) >= 11 is 1.73. The molecule has 0 radical (unpaired) electrons. The molecule has 108 valence electrons. The van der Waals surface area contributed by atoms with E-state index in [9.17, 15) is 4.39 Å². The second-order valence-corrected chi connectivity index (χ2v) is 6.24. The van der Waals surface area contributed by atoms with Gasteiger partial charge in [-0.3, -0.25) is 0 Å². The summed E-state index contributed by atoms with van der Waals surface area (Å²) in [6.07, 6.45) is 0.904. The van der Waals surface area contributed by atoms with Crippen LogP contribution in [0.15, 0.2) is 35.7 Å². The second kappa shape index (κ2) is 6.37. The summed E-state index contributed by atoms with van der Waals surface area (Å²) in [6, 6.07) is 9.30. The highest BCUT2D eigenvalue weighted by molar-refractivity contribution is 7.09. The number of nitrogens with two attached hydrogens (primary N) is 1. The molecule has 2 N–H and O–H groups in total. The van der Waals surface area contributed by atoms with Crippen molar-refractivity contribution >= 4 is 17.0 Å². The van der Waals surface area contributed by atoms with E-state index in [1.165, 1.54) is 10.9 Å². The zero-order chi connectivity index (χ0) is 14.7. The van der Waals surface area contributed by atoms with Crippen molar-refractivity contribution in [3.8, 4) is 0 Å². The number of rotatable bonds is 5. The Morgan fingerprint density at radius 2 is 2.00 bits per heavy atom. The van der Waals surface area contributed by atoms with Gasteiger partial charge in [-0.25, -0.2) is 4.39 Å². The third kappa shape index (κ3) is 3.19. The van der Waals surface area contributed by atoms with Crippen LogP contribution >= 0.6 is 11.3 Å². The van der Waals surface area contributed by atoms with Crippen LogP contribution in [-0.2, 0) is 6.42 Å². The van der Waals surface area contributed by atoms with Crippen molar-refractivity contribution in [2.45, 2.75) is 32.4 Å². The van der Waals surface area contributed by atoms with Gasteiger partial charge in [0.25, 0.3) is 0 Å². The van der Waals surface area contributed by atoms with E-state index in [-0.39, 0.29) is 17.9 Å². The second-order valence-electron chi connectivity index (χ2n) is 5.21. The number of thiophene rings is 1. The van der Waals surface area contributed by atoms with Crippen LogP contribution < -0.4 is 10.6 Å². The van der Waals surface area contributed by atoms with E-state index in [4.69, 9.17) is 5.73 Å². The van der Waals surface area contributed by atoms with Gasteiger partial charge in [0.05, 0.1) is 5.69 Å². The maximum atomic E-state index is 14.2. The van der Waals surface area contributed by atoms with E-state index >= 15 is 0 Å². The molecular weight excluding hydrogens is 271 g/mol. The standard InChI is InChI=1S/C16H21FN2S/c1-11(10-13-6-5-9-20-13)19(3)16-14(12(2)18)7-4-8-15(16)17/h4-9,11-12H,10,18H2,1-3H3. The SMILES string of the molecule is CC(N)c1cccc(F)c1N(C)C(C)Cc1cccs1. The first-order valence-electron chi connectivity index (χ1n) is 6.80. The first kappa shape index (κ1) is 15.0. The fourth-order valence-corrected chi connectivity index (χ4v) is 3.18. The molecule has 1 aromatic heterocycles. The highest BCUT2D eigenvalue weighted by Gasteiger charge is 2.19. The van der Waals surface area contributed by atoms with Gasteiger partial charge >= 0.3 is 0 Å². The van der Waals surface area contributed by atoms with Gasteiger partial charge in [0, 0.05) is 30.4 Å². The molecule has 0 aliphatic heterocycles. The van der Waals surface area contributed by atoms with Crippen LogP contribution in [0.4, 0.5) is 10.1 Å². The lowest BCUT2D eigenvalue weighted by Crippen LogP contribution is -2.32. The average molecular weight is 292 g/mol. The quantitative estimate of drug-likeness (QED) is 0.903. The molecule has 1 heterocycles. The number of halogens is 1. The van der Waals surface area contributed by atoms with Crippen molar-refractivity contribution in [1.82, 2.24) is 0 Å². The number of hydrogen-bond acceptors (Lipinski definition) is 3. The van der Waals surface area contributed by atoms with Crippen LogP contribution in [0.3, 0.4) is 0 Å². The molecule has 0 fully saturated rings. The van der Waals surface area contributed by atoms with Gasteiger partial charge < -0.3 is 10.6 Å². The Hall–Kier alpha value is -1.39. The van der Waals surface area contributed by atoms with E-state index in [1.54, 1.807) is 17.4 Å². The van der Waals surface area contributed by atoms with Crippen molar-refractivity contribution in [1.29, 1.82) is 0 Å². The third-order valence-corrected chi connectivity index (χ3v) is 4.50. The zero-order valence-corrected chi connectivity index (χ0v) is 13.0. The minimum Gasteiger partial charge on any atom is -0.369 e. The van der Waals surface area contributed by atoms with Gasteiger partial charge in [-0.15, -0.1) is 11.3 Å². The van der Waals surface area contributed by atoms with Crippen LogP contribution in [0, 0.1) is 5.82 Å². The van der Waals surface area contributed by atoms with E-state index in [0.29, 0.717) is 5.69 Å². The van der Waals surface area contributed by atoms with Crippen molar-refractivity contribution in [3.05, 3.63) is 52.0 Å². The van der Waals surface area contributed by atoms with E-state index < -0.39 is 0 Å². The number of likely N-dealkylation sites (N-methyl/N-ethyl adjacent to an activating group) is 1. The Morgan fingerprint density at radius 3 is 2.60 bits per heavy atom. The predicted octanol–water partition coefficient (Wildman–Crippen LogP) is 3.97. The lowest BCUT2D eigenvalue weighted by atomic mass is 10.0. The van der Waals surface area contributed by atoms with Crippen LogP contribution in [0.2, 0.25) is 0 Å². The van der Waals surface area contributed by atoms with Crippen molar-refractivity contribution in [3.63, 3.8) is 0 Å². The average Bonchev–Trinajstić information content (AvgIpc) is 2.90. The molecule has 0 aliphatic rings. The summed E-state index contributed by atoms with van der Waals surface area (Å²) in [5.74, 6) is -0.208. The molecule has 2 unspecified atom stereocenters. The molecule has 0 saturated heterocycles. The third-order valence-electron chi connectivity index (χ3n) is 3.60. The molecule has 2 nitrogen and oxygen atoms in total. The highest BCUT2D eigenvalue weighted by atomic mass is 32.1. The Labute approximate surface area is 124 Å². The monoisotopic (exact) mass is 292 g/mol. The summed E-state index contributed by atoms with van der Waals surface area (Å²) in [6.45, 7) is 3.99. The molecule has 4 heteroatoms. The van der Waals surface area contributed by atoms with Crippen LogP contribution in [0.5, 0.6) is 0 Å². The Balaban J connectivity index is 2.26. The fourth-order valence-electron chi connectivity index (χ4n) is 2.35. The summed E-state index contributed by atoms with van der Waals surface area (Å²) < 4.78 is 14.2. The molecule has 0 saturated carbocycles. The van der Waals surface area contributed by atoms with E-state index in [1.807, 2.05) is 31.0 Å². The topological polar surface area (TPSA) is 29.3 Å². The molecule has 20 heavy (non-hydrogen) atoms. The van der Waals surface area contributed by atoms with Gasteiger partial charge in [-0.05, 0) is 36.9 Å². The molecular formula is C16H21FN2S. The smallest absolute Gasteiger partial charge is 0.146 e. The number of hydrogen-bond donors (Lipinski definition) is 1. The van der Waals surface area contributed by atoms with Gasteiger partial charge in [0.15, 0.2) is 0 Å². The highest BCUT2D eigenvalue weighted by Crippen LogP contribution is 2.29. The number of anilines is 1. The molecule has 2 rings (SSSR count). The molecule has 0 aliphatic carbocycles. The first-order valence-corrected chi connectivity index (χ1v) is 7.68. The van der Waals surface area contributed by atoms with Gasteiger partial charge in [-0.2, -0.15) is 0 Å². The Morgan fingerprint density at radius 1 is 1.25 bits per heavy atom.